The van der Waals surface area contributed by atoms with E-state index in [1.165, 1.54) is 0 Å². The van der Waals surface area contributed by atoms with Crippen LogP contribution in [0.4, 0.5) is 11.7 Å². The van der Waals surface area contributed by atoms with Gasteiger partial charge in [0.05, 0.1) is 37.5 Å². The van der Waals surface area contributed by atoms with Crippen LogP contribution in [0, 0.1) is 0 Å². The summed E-state index contributed by atoms with van der Waals surface area (Å²) in [7, 11) is 0. The lowest BCUT2D eigenvalue weighted by Crippen LogP contribution is -2.47. The Morgan fingerprint density at radius 1 is 1.25 bits per heavy atom. The minimum atomic E-state index is -1.57. The first-order valence-electron chi connectivity index (χ1n) is 3.02. The van der Waals surface area contributed by atoms with Crippen molar-refractivity contribution in [3.05, 3.63) is 0 Å². The smallest absolute Gasteiger partial charge is 0.210 e. The van der Waals surface area contributed by atoms with Crippen molar-refractivity contribution in [2.24, 2.45) is 0 Å². The summed E-state index contributed by atoms with van der Waals surface area (Å²) < 4.78 is 41.1. The molecule has 0 unspecified atom stereocenters. The summed E-state index contributed by atoms with van der Waals surface area (Å²) in [6.07, 6.45) is 0. The van der Waals surface area contributed by atoms with Crippen LogP contribution in [0.3, 0.4) is 0 Å². The van der Waals surface area contributed by atoms with Gasteiger partial charge in [-0.05, 0) is 0 Å². The predicted octanol–water partition coefficient (Wildman–Crippen LogP) is 2.74. The van der Waals surface area contributed by atoms with E-state index in [-0.39, 0.29) is 49.8 Å². The fourth-order valence-corrected chi connectivity index (χ4v) is 2.14. The molecule has 0 radical (unpaired) electrons. The number of halogens is 3. The minimum absolute atomic E-state index is 0.160. The molecule has 1 aliphatic heterocycles. The van der Waals surface area contributed by atoms with E-state index >= 15 is 0 Å². The molecule has 0 amide bonds. The summed E-state index contributed by atoms with van der Waals surface area (Å²) in [6.45, 7) is 0.307. The van der Waals surface area contributed by atoms with Gasteiger partial charge in [0.1, 0.15) is 12.3 Å². The van der Waals surface area contributed by atoms with Crippen LogP contribution in [-0.4, -0.2) is 28.3 Å². The van der Waals surface area contributed by atoms with Crippen LogP contribution < -0.4 is 0 Å². The second-order valence-corrected chi connectivity index (χ2v) is 4.59. The first-order chi connectivity index (χ1) is 5.79. The van der Waals surface area contributed by atoms with Gasteiger partial charge in [0.15, 0.2) is 0 Å². The lowest BCUT2D eigenvalue weighted by molar-refractivity contribution is 0.0522. The maximum atomic E-state index is 12.3. The van der Waals surface area contributed by atoms with Gasteiger partial charge in [-0.2, -0.15) is 12.1 Å². The van der Waals surface area contributed by atoms with Gasteiger partial charge in [-0.1, -0.05) is 0 Å². The zero-order valence-corrected chi connectivity index (χ0v) is 8.28. The van der Waals surface area contributed by atoms with Gasteiger partial charge in [0.2, 0.25) is 4.20 Å². The largest absolute Gasteiger partial charge is 0.376 e. The molecule has 1 heterocycles. The molecule has 0 saturated carbocycles. The highest BCUT2D eigenvalue weighted by Crippen LogP contribution is 2.46. The molecule has 1 saturated heterocycles. The molecule has 0 aliphatic carbocycles. The maximum Gasteiger partial charge on any atom is 0.210 e. The van der Waals surface area contributed by atoms with E-state index in [1.807, 2.05) is 0 Å². The molecule has 1 fully saturated rings. The molecule has 12 heavy (non-hydrogen) atoms. The summed E-state index contributed by atoms with van der Waals surface area (Å²) >= 11 is -0.659. The zero-order chi connectivity index (χ0) is 9.03. The highest BCUT2D eigenvalue weighted by Gasteiger charge is 2.45. The molecule has 72 valence electrons. The van der Waals surface area contributed by atoms with Crippen molar-refractivity contribution in [2.45, 2.75) is 4.20 Å². The second kappa shape index (κ2) is 4.85. The summed E-state index contributed by atoms with van der Waals surface area (Å²) in [5.41, 5.74) is 0. The third kappa shape index (κ3) is 1.98. The van der Waals surface area contributed by atoms with Gasteiger partial charge in [-0.15, -0.1) is 3.89 Å². The summed E-state index contributed by atoms with van der Waals surface area (Å²) in [4.78, 5) is 0. The first-order valence-corrected chi connectivity index (χ1v) is 5.13. The Balaban J connectivity index is 2.66. The van der Waals surface area contributed by atoms with E-state index < -0.39 is 4.20 Å². The van der Waals surface area contributed by atoms with Gasteiger partial charge >= 0.3 is 0 Å². The number of ether oxygens (including phenoxy) is 1. The Labute approximate surface area is 81.6 Å². The Bertz CT molecular complexity index is 148. The van der Waals surface area contributed by atoms with Crippen molar-refractivity contribution in [2.75, 3.05) is 19.8 Å². The van der Waals surface area contributed by atoms with Crippen LogP contribution >= 0.6 is 36.6 Å². The number of morpholine rings is 1. The predicted molar refractivity (Wildman–Crippen MR) is 46.4 cm³/mol. The maximum absolute atomic E-state index is 12.3. The average Bonchev–Trinajstić information content (AvgIpc) is 2.17. The van der Waals surface area contributed by atoms with E-state index in [0.717, 1.165) is 4.31 Å². The number of rotatable bonds is 3. The highest BCUT2D eigenvalue weighted by molar-refractivity contribution is 8.14. The van der Waals surface area contributed by atoms with Gasteiger partial charge in [0.25, 0.3) is 0 Å². The molecule has 8 heteroatoms. The molecule has 0 spiro atoms. The Morgan fingerprint density at radius 3 is 2.33 bits per heavy atom. The number of hydrogen-bond donors (Lipinski definition) is 0. The molecule has 1 aliphatic rings. The van der Waals surface area contributed by atoms with Crippen molar-refractivity contribution >= 4 is 36.6 Å². The minimum Gasteiger partial charge on any atom is -0.376 e. The second-order valence-electron chi connectivity index (χ2n) is 2.09. The van der Waals surface area contributed by atoms with Crippen LogP contribution in [0.5, 0.6) is 0 Å². The lowest BCUT2D eigenvalue weighted by atomic mass is 10.5. The fourth-order valence-electron chi connectivity index (χ4n) is 0.811. The fraction of sp³-hybridized carbons (Fsp3) is 1.00. The highest BCUT2D eigenvalue weighted by atomic mass is 32.2. The van der Waals surface area contributed by atoms with E-state index in [9.17, 15) is 11.7 Å². The summed E-state index contributed by atoms with van der Waals surface area (Å²) in [6, 6.07) is 0. The molecule has 2 nitrogen and oxygen atoms in total. The lowest BCUT2D eigenvalue weighted by Gasteiger charge is -2.36. The van der Waals surface area contributed by atoms with Gasteiger partial charge in [-0.25, -0.2) is 0 Å². The van der Waals surface area contributed by atoms with Crippen LogP contribution in [0.2, 0.25) is 0 Å². The van der Waals surface area contributed by atoms with Gasteiger partial charge < -0.3 is 4.74 Å². The summed E-state index contributed by atoms with van der Waals surface area (Å²) in [5, 5.41) is 0. The van der Waals surface area contributed by atoms with E-state index in [1.54, 1.807) is 0 Å². The van der Waals surface area contributed by atoms with Crippen molar-refractivity contribution in [1.82, 2.24) is 4.31 Å². The number of hydrogen-bond acceptors (Lipinski definition) is 5. The quantitative estimate of drug-likeness (QED) is 0.551. The Morgan fingerprint density at radius 2 is 1.92 bits per heavy atom. The van der Waals surface area contributed by atoms with Gasteiger partial charge in [0, 0.05) is 6.54 Å². The van der Waals surface area contributed by atoms with Crippen molar-refractivity contribution in [1.29, 1.82) is 0 Å². The summed E-state index contributed by atoms with van der Waals surface area (Å²) in [5.74, 6) is 0. The van der Waals surface area contributed by atoms with Crippen molar-refractivity contribution < 1.29 is 16.4 Å². The van der Waals surface area contributed by atoms with E-state index in [0.29, 0.717) is 6.61 Å². The van der Waals surface area contributed by atoms with Crippen LogP contribution in [0.1, 0.15) is 0 Å². The zero-order valence-electron chi connectivity index (χ0n) is 5.84. The molecular weight excluding hydrogens is 231 g/mol. The normalized spacial score (nSPS) is 24.2. The standard InChI is InChI=1S/C4H6F3NOS3/c5-10-4(11-6)3-9-2-1-8(4)12-7/h1-3H2. The SMILES string of the molecule is FSN1CCOCC1(SF)SF. The molecule has 0 aromatic rings. The first kappa shape index (κ1) is 10.8. The molecular formula is C4H6F3NOS3. The average molecular weight is 237 g/mol. The topological polar surface area (TPSA) is 12.5 Å². The van der Waals surface area contributed by atoms with Crippen LogP contribution in [-0.2, 0) is 4.74 Å². The molecule has 1 rings (SSSR count). The Kier molecular flexibility index (Phi) is 4.38. The van der Waals surface area contributed by atoms with Crippen molar-refractivity contribution in [3.63, 3.8) is 0 Å². The molecule has 0 atom stereocenters. The molecule has 0 aromatic heterocycles. The third-order valence-electron chi connectivity index (χ3n) is 1.43. The number of nitrogens with zero attached hydrogens (tertiary/aromatic N) is 1. The van der Waals surface area contributed by atoms with Crippen LogP contribution in [0.15, 0.2) is 0 Å². The molecule has 0 bridgehead atoms. The van der Waals surface area contributed by atoms with E-state index in [2.05, 4.69) is 0 Å². The van der Waals surface area contributed by atoms with Gasteiger partial charge in [-0.3, -0.25) is 0 Å². The molecule has 0 N–H and O–H groups in total. The monoisotopic (exact) mass is 237 g/mol. The molecule has 0 aromatic carbocycles. The third-order valence-corrected chi connectivity index (χ3v) is 3.86. The van der Waals surface area contributed by atoms with Crippen LogP contribution in [0.25, 0.3) is 0 Å². The Hall–Kier alpha value is 0.760. The van der Waals surface area contributed by atoms with E-state index in [4.69, 9.17) is 4.74 Å². The van der Waals surface area contributed by atoms with Crippen molar-refractivity contribution in [3.8, 4) is 0 Å².